The van der Waals surface area contributed by atoms with E-state index in [0.717, 1.165) is 48.2 Å². The Kier molecular flexibility index (Phi) is 3.15. The summed E-state index contributed by atoms with van der Waals surface area (Å²) in [7, 11) is 0. The summed E-state index contributed by atoms with van der Waals surface area (Å²) in [6.07, 6.45) is 2.28. The molecule has 3 nitrogen and oxygen atoms in total. The van der Waals surface area contributed by atoms with Crippen LogP contribution in [-0.2, 0) is 0 Å². The normalized spacial score (nSPS) is 15.2. The Bertz CT molecular complexity index is 648. The van der Waals surface area contributed by atoms with E-state index in [2.05, 4.69) is 9.88 Å². The number of aromatic nitrogens is 1. The van der Waals surface area contributed by atoms with Gasteiger partial charge in [0.1, 0.15) is 5.82 Å². The van der Waals surface area contributed by atoms with Crippen LogP contribution in [0.15, 0.2) is 24.3 Å². The van der Waals surface area contributed by atoms with Gasteiger partial charge in [0.15, 0.2) is 0 Å². The average molecular weight is 275 g/mol. The molecular weight excluding hydrogens is 260 g/mol. The molecule has 0 spiro atoms. The van der Waals surface area contributed by atoms with Crippen molar-refractivity contribution in [1.29, 1.82) is 0 Å². The van der Waals surface area contributed by atoms with Gasteiger partial charge < -0.3 is 4.90 Å². The molecule has 2 aromatic rings. The van der Waals surface area contributed by atoms with E-state index in [-0.39, 0.29) is 0 Å². The minimum Gasteiger partial charge on any atom is -0.356 e. The standard InChI is InChI=1S/C15H15ClN2O/c1-10-4-5-11-9-12(14(16)19)15(17-13(11)8-10)18-6-2-3-7-18/h4-5,8-9H,2-3,6-7H2,1H3. The van der Waals surface area contributed by atoms with Gasteiger partial charge in [0, 0.05) is 18.5 Å². The SMILES string of the molecule is Cc1ccc2cc(C(=O)Cl)c(N3CCCC3)nc2c1. The fourth-order valence-electron chi connectivity index (χ4n) is 2.58. The summed E-state index contributed by atoms with van der Waals surface area (Å²) in [5, 5.41) is 0.523. The first-order valence-corrected chi connectivity index (χ1v) is 6.89. The van der Waals surface area contributed by atoms with Gasteiger partial charge in [-0.1, -0.05) is 12.1 Å². The second-order valence-electron chi connectivity index (χ2n) is 5.02. The Morgan fingerprint density at radius 1 is 1.26 bits per heavy atom. The zero-order valence-corrected chi connectivity index (χ0v) is 11.6. The van der Waals surface area contributed by atoms with E-state index < -0.39 is 5.24 Å². The van der Waals surface area contributed by atoms with Gasteiger partial charge >= 0.3 is 0 Å². The number of carbonyl (C=O) groups excluding carboxylic acids is 1. The summed E-state index contributed by atoms with van der Waals surface area (Å²) < 4.78 is 0. The van der Waals surface area contributed by atoms with E-state index in [1.807, 2.05) is 31.2 Å². The first kappa shape index (κ1) is 12.4. The van der Waals surface area contributed by atoms with Gasteiger partial charge in [-0.3, -0.25) is 4.79 Å². The van der Waals surface area contributed by atoms with Crippen molar-refractivity contribution >= 4 is 33.6 Å². The highest BCUT2D eigenvalue weighted by Gasteiger charge is 2.21. The highest BCUT2D eigenvalue weighted by molar-refractivity contribution is 6.68. The highest BCUT2D eigenvalue weighted by atomic mass is 35.5. The number of carbonyl (C=O) groups is 1. The highest BCUT2D eigenvalue weighted by Crippen LogP contribution is 2.28. The molecule has 1 aliphatic heterocycles. The van der Waals surface area contributed by atoms with Crippen LogP contribution in [0.1, 0.15) is 28.8 Å². The van der Waals surface area contributed by atoms with E-state index in [9.17, 15) is 4.79 Å². The third kappa shape index (κ3) is 2.30. The molecule has 0 N–H and O–H groups in total. The second kappa shape index (κ2) is 4.82. The zero-order chi connectivity index (χ0) is 13.4. The van der Waals surface area contributed by atoms with E-state index in [1.165, 1.54) is 0 Å². The van der Waals surface area contributed by atoms with Crippen molar-refractivity contribution in [3.8, 4) is 0 Å². The van der Waals surface area contributed by atoms with Gasteiger partial charge in [0.05, 0.1) is 11.1 Å². The molecule has 0 unspecified atom stereocenters. The fraction of sp³-hybridized carbons (Fsp3) is 0.333. The van der Waals surface area contributed by atoms with Crippen LogP contribution < -0.4 is 4.90 Å². The summed E-state index contributed by atoms with van der Waals surface area (Å²) in [6, 6.07) is 7.89. The largest absolute Gasteiger partial charge is 0.356 e. The number of rotatable bonds is 2. The molecular formula is C15H15ClN2O. The monoisotopic (exact) mass is 274 g/mol. The molecule has 0 aliphatic carbocycles. The molecule has 0 amide bonds. The average Bonchev–Trinajstić information content (AvgIpc) is 2.90. The lowest BCUT2D eigenvalue weighted by Gasteiger charge is -2.19. The van der Waals surface area contributed by atoms with Gasteiger partial charge in [-0.25, -0.2) is 4.98 Å². The van der Waals surface area contributed by atoms with Gasteiger partial charge in [-0.05, 0) is 49.1 Å². The minimum atomic E-state index is -0.433. The van der Waals surface area contributed by atoms with Crippen LogP contribution in [0.5, 0.6) is 0 Å². The topological polar surface area (TPSA) is 33.2 Å². The molecule has 0 bridgehead atoms. The Hall–Kier alpha value is -1.61. The quantitative estimate of drug-likeness (QED) is 0.786. The lowest BCUT2D eigenvalue weighted by atomic mass is 10.1. The number of aryl methyl sites for hydroxylation is 1. The molecule has 1 saturated heterocycles. The molecule has 1 fully saturated rings. The van der Waals surface area contributed by atoms with Crippen LogP contribution in [0.25, 0.3) is 10.9 Å². The summed E-state index contributed by atoms with van der Waals surface area (Å²) in [5.74, 6) is 0.732. The molecule has 4 heteroatoms. The van der Waals surface area contributed by atoms with Crippen LogP contribution in [0, 0.1) is 6.92 Å². The molecule has 1 aromatic heterocycles. The van der Waals surface area contributed by atoms with Crippen molar-refractivity contribution in [1.82, 2.24) is 4.98 Å². The van der Waals surface area contributed by atoms with Gasteiger partial charge in [-0.15, -0.1) is 0 Å². The summed E-state index contributed by atoms with van der Waals surface area (Å²) in [6.45, 7) is 3.93. The Morgan fingerprint density at radius 2 is 2.00 bits per heavy atom. The van der Waals surface area contributed by atoms with E-state index >= 15 is 0 Å². The first-order chi connectivity index (χ1) is 9.15. The lowest BCUT2D eigenvalue weighted by Crippen LogP contribution is -2.21. The Balaban J connectivity index is 2.21. The Morgan fingerprint density at radius 3 is 2.68 bits per heavy atom. The molecule has 1 aliphatic rings. The van der Waals surface area contributed by atoms with E-state index in [1.54, 1.807) is 0 Å². The number of anilines is 1. The van der Waals surface area contributed by atoms with Crippen molar-refractivity contribution < 1.29 is 4.79 Å². The molecule has 0 saturated carbocycles. The maximum Gasteiger partial charge on any atom is 0.256 e. The van der Waals surface area contributed by atoms with Gasteiger partial charge in [-0.2, -0.15) is 0 Å². The number of benzene rings is 1. The van der Waals surface area contributed by atoms with Gasteiger partial charge in [0.2, 0.25) is 0 Å². The third-order valence-corrected chi connectivity index (χ3v) is 3.77. The van der Waals surface area contributed by atoms with E-state index in [4.69, 9.17) is 11.6 Å². The number of halogens is 1. The van der Waals surface area contributed by atoms with Crippen molar-refractivity contribution in [2.24, 2.45) is 0 Å². The van der Waals surface area contributed by atoms with Gasteiger partial charge in [0.25, 0.3) is 5.24 Å². The second-order valence-corrected chi connectivity index (χ2v) is 5.37. The molecule has 0 atom stereocenters. The third-order valence-electron chi connectivity index (χ3n) is 3.57. The summed E-state index contributed by atoms with van der Waals surface area (Å²) >= 11 is 5.71. The van der Waals surface area contributed by atoms with Crippen molar-refractivity contribution in [3.05, 3.63) is 35.4 Å². The molecule has 1 aromatic carbocycles. The van der Waals surface area contributed by atoms with Crippen LogP contribution in [0.2, 0.25) is 0 Å². The number of fused-ring (bicyclic) bond motifs is 1. The Labute approximate surface area is 117 Å². The predicted molar refractivity (Wildman–Crippen MR) is 78.1 cm³/mol. The number of pyridine rings is 1. The predicted octanol–water partition coefficient (Wildman–Crippen LogP) is 3.52. The lowest BCUT2D eigenvalue weighted by molar-refractivity contribution is 0.108. The molecule has 0 radical (unpaired) electrons. The first-order valence-electron chi connectivity index (χ1n) is 6.51. The number of hydrogen-bond donors (Lipinski definition) is 0. The fourth-order valence-corrected chi connectivity index (χ4v) is 2.72. The molecule has 2 heterocycles. The minimum absolute atomic E-state index is 0.433. The molecule has 3 rings (SSSR count). The van der Waals surface area contributed by atoms with Crippen LogP contribution in [0.4, 0.5) is 5.82 Å². The summed E-state index contributed by atoms with van der Waals surface area (Å²) in [5.41, 5.74) is 2.60. The summed E-state index contributed by atoms with van der Waals surface area (Å²) in [4.78, 5) is 18.4. The van der Waals surface area contributed by atoms with Crippen molar-refractivity contribution in [3.63, 3.8) is 0 Å². The number of nitrogens with zero attached hydrogens (tertiary/aromatic N) is 2. The number of hydrogen-bond acceptors (Lipinski definition) is 3. The van der Waals surface area contributed by atoms with Crippen LogP contribution >= 0.6 is 11.6 Å². The van der Waals surface area contributed by atoms with Crippen molar-refractivity contribution in [2.45, 2.75) is 19.8 Å². The van der Waals surface area contributed by atoms with Crippen molar-refractivity contribution in [2.75, 3.05) is 18.0 Å². The van der Waals surface area contributed by atoms with E-state index in [0.29, 0.717) is 5.56 Å². The zero-order valence-electron chi connectivity index (χ0n) is 10.8. The molecule has 19 heavy (non-hydrogen) atoms. The van der Waals surface area contributed by atoms with Crippen LogP contribution in [-0.4, -0.2) is 23.3 Å². The maximum absolute atomic E-state index is 11.6. The maximum atomic E-state index is 11.6. The molecule has 98 valence electrons. The smallest absolute Gasteiger partial charge is 0.256 e. The van der Waals surface area contributed by atoms with Crippen LogP contribution in [0.3, 0.4) is 0 Å².